The molecule has 0 N–H and O–H groups in total. The van der Waals surface area contributed by atoms with Crippen molar-refractivity contribution in [3.63, 3.8) is 0 Å². The van der Waals surface area contributed by atoms with Crippen molar-refractivity contribution in [2.75, 3.05) is 0 Å². The lowest BCUT2D eigenvalue weighted by atomic mass is 10.2. The zero-order valence-corrected chi connectivity index (χ0v) is 16.2. The first-order chi connectivity index (χ1) is 13.3. The third-order valence-electron chi connectivity index (χ3n) is 3.88. The molecule has 0 saturated heterocycles. The Bertz CT molecular complexity index is 1220. The quantitative estimate of drug-likeness (QED) is 0.446. The van der Waals surface area contributed by atoms with E-state index in [1.165, 1.54) is 24.3 Å². The van der Waals surface area contributed by atoms with E-state index in [0.29, 0.717) is 5.56 Å². The Kier molecular flexibility index (Phi) is 5.57. The van der Waals surface area contributed by atoms with E-state index in [1.807, 2.05) is 0 Å². The van der Waals surface area contributed by atoms with Crippen LogP contribution in [0.1, 0.15) is 5.56 Å². The van der Waals surface area contributed by atoms with Crippen molar-refractivity contribution in [2.45, 2.75) is 15.5 Å². The fraction of sp³-hybridized carbons (Fsp3) is 0.0526. The van der Waals surface area contributed by atoms with Crippen molar-refractivity contribution in [3.05, 3.63) is 101 Å². The van der Waals surface area contributed by atoms with Crippen LogP contribution >= 0.6 is 0 Å². The van der Waals surface area contributed by atoms with Gasteiger partial charge in [-0.15, -0.1) is 3.77 Å². The lowest BCUT2D eigenvalue weighted by molar-refractivity contribution is -0.387. The number of rotatable bonds is 6. The topological polar surface area (TPSA) is 107 Å². The van der Waals surface area contributed by atoms with E-state index >= 15 is 0 Å². The number of sulfonamides is 1. The standard InChI is InChI=1S/C19H16N2O5S2/c22-21(23)18-13-7-8-14-19(18)28(25,26)20-27(24,17-11-5-2-6-12-17)15-16-9-3-1-4-10-16/h1-14H,15H2. The predicted molar refractivity (Wildman–Crippen MR) is 106 cm³/mol. The maximum Gasteiger partial charge on any atom is 0.297 e. The molecule has 0 aliphatic heterocycles. The smallest absolute Gasteiger partial charge is 0.258 e. The average molecular weight is 416 g/mol. The molecule has 0 heterocycles. The summed E-state index contributed by atoms with van der Waals surface area (Å²) in [6.07, 6.45) is 0. The second-order valence-electron chi connectivity index (χ2n) is 5.86. The first-order valence-electron chi connectivity index (χ1n) is 8.15. The molecule has 0 aromatic heterocycles. The summed E-state index contributed by atoms with van der Waals surface area (Å²) in [6.45, 7) is 0. The van der Waals surface area contributed by atoms with Gasteiger partial charge >= 0.3 is 0 Å². The summed E-state index contributed by atoms with van der Waals surface area (Å²) >= 11 is 0. The second kappa shape index (κ2) is 7.91. The molecule has 3 aromatic rings. The molecule has 1 atom stereocenters. The number of nitro groups is 1. The largest absolute Gasteiger partial charge is 0.297 e. The van der Waals surface area contributed by atoms with E-state index < -0.39 is 35.3 Å². The maximum atomic E-state index is 13.7. The number of para-hydroxylation sites is 1. The molecular weight excluding hydrogens is 400 g/mol. The molecule has 144 valence electrons. The minimum absolute atomic E-state index is 0.141. The molecule has 0 aliphatic carbocycles. The molecule has 0 radical (unpaired) electrons. The van der Waals surface area contributed by atoms with Gasteiger partial charge in [0.25, 0.3) is 15.7 Å². The Morgan fingerprint density at radius 1 is 0.786 bits per heavy atom. The third kappa shape index (κ3) is 4.26. The summed E-state index contributed by atoms with van der Waals surface area (Å²) in [4.78, 5) is 10.1. The van der Waals surface area contributed by atoms with Crippen LogP contribution in [0, 0.1) is 10.1 Å². The van der Waals surface area contributed by atoms with Gasteiger partial charge in [-0.1, -0.05) is 60.7 Å². The Hall–Kier alpha value is -3.04. The zero-order valence-electron chi connectivity index (χ0n) is 14.5. The van der Waals surface area contributed by atoms with E-state index in [2.05, 4.69) is 3.77 Å². The monoisotopic (exact) mass is 416 g/mol. The summed E-state index contributed by atoms with van der Waals surface area (Å²) in [5.74, 6) is -0.141. The Morgan fingerprint density at radius 2 is 1.32 bits per heavy atom. The van der Waals surface area contributed by atoms with Crippen molar-refractivity contribution in [3.8, 4) is 0 Å². The number of hydrogen-bond donors (Lipinski definition) is 0. The van der Waals surface area contributed by atoms with Crippen LogP contribution < -0.4 is 0 Å². The van der Waals surface area contributed by atoms with Gasteiger partial charge in [-0.25, -0.2) is 4.21 Å². The average Bonchev–Trinajstić information content (AvgIpc) is 2.69. The van der Waals surface area contributed by atoms with Crippen LogP contribution in [0.3, 0.4) is 0 Å². The molecule has 0 spiro atoms. The molecule has 3 rings (SSSR count). The highest BCUT2D eigenvalue weighted by Crippen LogP contribution is 2.28. The van der Waals surface area contributed by atoms with Gasteiger partial charge in [-0.3, -0.25) is 10.1 Å². The summed E-state index contributed by atoms with van der Waals surface area (Å²) in [5.41, 5.74) is 0.0265. The van der Waals surface area contributed by atoms with Gasteiger partial charge in [-0.05, 0) is 23.8 Å². The molecule has 7 nitrogen and oxygen atoms in total. The van der Waals surface area contributed by atoms with Crippen molar-refractivity contribution >= 4 is 25.4 Å². The van der Waals surface area contributed by atoms with Crippen LogP contribution in [-0.4, -0.2) is 17.6 Å². The zero-order chi connectivity index (χ0) is 20.2. The molecule has 0 fully saturated rings. The Morgan fingerprint density at radius 3 is 1.93 bits per heavy atom. The third-order valence-corrected chi connectivity index (χ3v) is 8.26. The summed E-state index contributed by atoms with van der Waals surface area (Å²) < 4.78 is 43.2. The summed E-state index contributed by atoms with van der Waals surface area (Å²) in [7, 11) is -8.01. The van der Waals surface area contributed by atoms with Gasteiger partial charge in [0.1, 0.15) is 0 Å². The minimum Gasteiger partial charge on any atom is -0.258 e. The van der Waals surface area contributed by atoms with Crippen LogP contribution in [0.4, 0.5) is 5.69 Å². The van der Waals surface area contributed by atoms with Gasteiger partial charge in [0.15, 0.2) is 4.90 Å². The number of nitro benzene ring substituents is 1. The molecule has 9 heteroatoms. The predicted octanol–water partition coefficient (Wildman–Crippen LogP) is 4.01. The van der Waals surface area contributed by atoms with E-state index in [-0.39, 0.29) is 10.6 Å². The van der Waals surface area contributed by atoms with E-state index in [1.54, 1.807) is 48.5 Å². The number of nitrogens with zero attached hydrogens (tertiary/aromatic N) is 2. The fourth-order valence-corrected chi connectivity index (χ4v) is 6.81. The SMILES string of the molecule is O=[N+]([O-])c1ccccc1S(=O)(=O)N=S(=O)(Cc1ccccc1)c1ccccc1. The van der Waals surface area contributed by atoms with E-state index in [9.17, 15) is 22.7 Å². The Balaban J connectivity index is 2.22. The Labute approximate surface area is 163 Å². The van der Waals surface area contributed by atoms with Gasteiger partial charge < -0.3 is 0 Å². The summed E-state index contributed by atoms with van der Waals surface area (Å²) in [6, 6.07) is 21.6. The van der Waals surface area contributed by atoms with Gasteiger partial charge in [0.2, 0.25) is 0 Å². The lowest BCUT2D eigenvalue weighted by Crippen LogP contribution is -2.10. The van der Waals surface area contributed by atoms with Gasteiger partial charge in [-0.2, -0.15) is 8.42 Å². The van der Waals surface area contributed by atoms with Crippen molar-refractivity contribution in [2.24, 2.45) is 3.77 Å². The van der Waals surface area contributed by atoms with Crippen molar-refractivity contribution in [1.82, 2.24) is 0 Å². The highest BCUT2D eigenvalue weighted by atomic mass is 32.3. The molecule has 0 aliphatic rings. The maximum absolute atomic E-state index is 13.7. The minimum atomic E-state index is -4.55. The van der Waals surface area contributed by atoms with Crippen LogP contribution in [0.15, 0.2) is 98.5 Å². The second-order valence-corrected chi connectivity index (χ2v) is 9.89. The van der Waals surface area contributed by atoms with E-state index in [0.717, 1.165) is 12.1 Å². The van der Waals surface area contributed by atoms with Crippen LogP contribution in [0.25, 0.3) is 0 Å². The van der Waals surface area contributed by atoms with E-state index in [4.69, 9.17) is 0 Å². The van der Waals surface area contributed by atoms with Crippen molar-refractivity contribution < 1.29 is 17.6 Å². The molecule has 3 aromatic carbocycles. The lowest BCUT2D eigenvalue weighted by Gasteiger charge is -2.11. The molecule has 1 unspecified atom stereocenters. The molecule has 0 bridgehead atoms. The molecule has 0 amide bonds. The van der Waals surface area contributed by atoms with Crippen LogP contribution in [0.5, 0.6) is 0 Å². The van der Waals surface area contributed by atoms with Crippen LogP contribution in [-0.2, 0) is 25.5 Å². The molecular formula is C19H16N2O5S2. The first kappa shape index (κ1) is 19.7. The fourth-order valence-electron chi connectivity index (χ4n) is 2.61. The highest BCUT2D eigenvalue weighted by molar-refractivity contribution is 8.03. The van der Waals surface area contributed by atoms with Gasteiger partial charge in [0.05, 0.1) is 20.4 Å². The number of benzene rings is 3. The normalized spacial score (nSPS) is 13.4. The van der Waals surface area contributed by atoms with Crippen LogP contribution in [0.2, 0.25) is 0 Å². The highest BCUT2D eigenvalue weighted by Gasteiger charge is 2.28. The van der Waals surface area contributed by atoms with Crippen molar-refractivity contribution in [1.29, 1.82) is 0 Å². The molecule has 0 saturated carbocycles. The number of hydrogen-bond acceptors (Lipinski definition) is 5. The first-order valence-corrected chi connectivity index (χ1v) is 11.3. The van der Waals surface area contributed by atoms with Gasteiger partial charge in [0, 0.05) is 11.0 Å². The summed E-state index contributed by atoms with van der Waals surface area (Å²) in [5, 5.41) is 11.2. The molecule has 28 heavy (non-hydrogen) atoms.